The Morgan fingerprint density at radius 1 is 0.872 bits per heavy atom. The van der Waals surface area contributed by atoms with Gasteiger partial charge >= 0.3 is 0 Å². The van der Waals surface area contributed by atoms with E-state index in [0.717, 1.165) is 10.8 Å². The van der Waals surface area contributed by atoms with Gasteiger partial charge in [-0.2, -0.15) is 0 Å². The van der Waals surface area contributed by atoms with Crippen LogP contribution in [0.4, 0.5) is 5.69 Å². The Morgan fingerprint density at radius 2 is 1.56 bits per heavy atom. The van der Waals surface area contributed by atoms with Crippen LogP contribution in [0.15, 0.2) is 89.1 Å². The number of benzene rings is 3. The van der Waals surface area contributed by atoms with Gasteiger partial charge in [-0.05, 0) is 72.3 Å². The Morgan fingerprint density at radius 3 is 2.21 bits per heavy atom. The van der Waals surface area contributed by atoms with E-state index in [2.05, 4.69) is 10.0 Å². The summed E-state index contributed by atoms with van der Waals surface area (Å²) in [5, 5.41) is 6.21. The average Bonchev–Trinajstić information content (AvgIpc) is 3.48. The fourth-order valence-electron chi connectivity index (χ4n) is 4.21. The van der Waals surface area contributed by atoms with Crippen LogP contribution in [0, 0.1) is 5.92 Å². The maximum atomic E-state index is 13.3. The van der Waals surface area contributed by atoms with Crippen molar-refractivity contribution in [3.05, 3.63) is 94.7 Å². The molecule has 0 aliphatic heterocycles. The second-order valence-corrected chi connectivity index (χ2v) is 11.5. The molecule has 0 saturated heterocycles. The summed E-state index contributed by atoms with van der Waals surface area (Å²) < 4.78 is 28.4. The molecule has 0 aliphatic rings. The molecule has 8 nitrogen and oxygen atoms in total. The Labute approximate surface area is 231 Å². The average molecular weight is 564 g/mol. The van der Waals surface area contributed by atoms with Crippen LogP contribution in [0.2, 0.25) is 0 Å². The zero-order chi connectivity index (χ0) is 28.0. The lowest BCUT2D eigenvalue weighted by molar-refractivity contribution is -0.141. The van der Waals surface area contributed by atoms with Crippen LogP contribution < -0.4 is 10.0 Å². The highest BCUT2D eigenvalue weighted by molar-refractivity contribution is 7.90. The number of hydrogen-bond acceptors (Lipinski definition) is 6. The van der Waals surface area contributed by atoms with Gasteiger partial charge in [0.25, 0.3) is 15.9 Å². The minimum atomic E-state index is -4.22. The maximum absolute atomic E-state index is 13.3. The van der Waals surface area contributed by atoms with Gasteiger partial charge in [-0.15, -0.1) is 11.3 Å². The molecule has 0 saturated carbocycles. The first-order valence-electron chi connectivity index (χ1n) is 12.5. The molecule has 0 radical (unpaired) electrons. The number of thiophene rings is 1. The van der Waals surface area contributed by atoms with E-state index in [1.165, 1.54) is 28.4 Å². The summed E-state index contributed by atoms with van der Waals surface area (Å²) in [4.78, 5) is 41.0. The fraction of sp³-hybridized carbons (Fsp3) is 0.207. The van der Waals surface area contributed by atoms with E-state index >= 15 is 0 Å². The molecule has 3 aromatic carbocycles. The van der Waals surface area contributed by atoms with E-state index in [9.17, 15) is 22.8 Å². The molecule has 3 amide bonds. The molecular formula is C29H29N3O5S2. The van der Waals surface area contributed by atoms with E-state index < -0.39 is 27.8 Å². The highest BCUT2D eigenvalue weighted by atomic mass is 32.2. The molecule has 10 heteroatoms. The lowest BCUT2D eigenvalue weighted by Crippen LogP contribution is -2.46. The first-order chi connectivity index (χ1) is 18.7. The molecule has 202 valence electrons. The number of rotatable bonds is 10. The highest BCUT2D eigenvalue weighted by Crippen LogP contribution is 2.21. The molecule has 0 unspecified atom stereocenters. The van der Waals surface area contributed by atoms with Gasteiger partial charge in [0.15, 0.2) is 0 Å². The van der Waals surface area contributed by atoms with Gasteiger partial charge in [-0.1, -0.05) is 48.5 Å². The zero-order valence-electron chi connectivity index (χ0n) is 21.6. The van der Waals surface area contributed by atoms with Crippen molar-refractivity contribution in [1.82, 2.24) is 9.62 Å². The van der Waals surface area contributed by atoms with Crippen molar-refractivity contribution in [2.45, 2.75) is 25.2 Å². The largest absolute Gasteiger partial charge is 0.343 e. The van der Waals surface area contributed by atoms with Gasteiger partial charge in [0.05, 0.1) is 9.77 Å². The number of hydrogen-bond donors (Lipinski definition) is 2. The number of sulfonamides is 1. The van der Waals surface area contributed by atoms with Gasteiger partial charge in [0.2, 0.25) is 11.8 Å². The number of fused-ring (bicyclic) bond motifs is 1. The van der Waals surface area contributed by atoms with Crippen molar-refractivity contribution >= 4 is 55.5 Å². The summed E-state index contributed by atoms with van der Waals surface area (Å²) in [7, 11) is -4.22. The van der Waals surface area contributed by atoms with Crippen LogP contribution >= 0.6 is 11.3 Å². The first-order valence-corrected chi connectivity index (χ1v) is 14.9. The molecule has 1 aromatic heterocycles. The maximum Gasteiger partial charge on any atom is 0.265 e. The van der Waals surface area contributed by atoms with E-state index in [0.29, 0.717) is 29.2 Å². The highest BCUT2D eigenvalue weighted by Gasteiger charge is 2.33. The molecule has 4 aromatic rings. The summed E-state index contributed by atoms with van der Waals surface area (Å²) in [5.41, 5.74) is 1.21. The summed E-state index contributed by atoms with van der Waals surface area (Å²) in [6, 6.07) is 22.2. The van der Waals surface area contributed by atoms with Crippen molar-refractivity contribution in [1.29, 1.82) is 0 Å². The molecule has 4 rings (SSSR count). The smallest absolute Gasteiger partial charge is 0.265 e. The van der Waals surface area contributed by atoms with Gasteiger partial charge in [-0.25, -0.2) is 13.1 Å². The molecule has 0 spiro atoms. The number of nitrogens with zero attached hydrogens (tertiary/aromatic N) is 1. The molecule has 0 aliphatic carbocycles. The predicted molar refractivity (Wildman–Crippen MR) is 153 cm³/mol. The third-order valence-electron chi connectivity index (χ3n) is 6.35. The number of nitrogens with one attached hydrogen (secondary N) is 2. The Kier molecular flexibility index (Phi) is 8.78. The van der Waals surface area contributed by atoms with E-state index in [1.54, 1.807) is 68.4 Å². The third kappa shape index (κ3) is 6.71. The van der Waals surface area contributed by atoms with Gasteiger partial charge in [0.1, 0.15) is 5.92 Å². The van der Waals surface area contributed by atoms with Crippen molar-refractivity contribution in [3.63, 3.8) is 0 Å². The van der Waals surface area contributed by atoms with Gasteiger partial charge < -0.3 is 10.2 Å². The van der Waals surface area contributed by atoms with Crippen LogP contribution in [-0.2, 0) is 26.0 Å². The summed E-state index contributed by atoms with van der Waals surface area (Å²) in [6.45, 7) is 4.36. The molecule has 0 fully saturated rings. The standard InChI is InChI=1S/C29H29N3O5S2/c1-3-32(4-2)29(35)25(18-20-11-14-23(15-12-20)30-28(34)26-10-7-17-38-26)27(33)31-39(36,37)24-16-13-21-8-5-6-9-22(21)19-24/h5-17,19,25H,3-4,18H2,1-2H3,(H,30,34)(H,31,33)/t25-/m1/s1. The second kappa shape index (κ2) is 12.2. The van der Waals surface area contributed by atoms with Crippen LogP contribution in [0.5, 0.6) is 0 Å². The zero-order valence-corrected chi connectivity index (χ0v) is 23.2. The minimum absolute atomic E-state index is 0.00639. The predicted octanol–water partition coefficient (Wildman–Crippen LogP) is 4.69. The molecule has 39 heavy (non-hydrogen) atoms. The SMILES string of the molecule is CCN(CC)C(=O)[C@H](Cc1ccc(NC(=O)c2cccs2)cc1)C(=O)NS(=O)(=O)c1ccc2ccccc2c1. The van der Waals surface area contributed by atoms with E-state index in [4.69, 9.17) is 0 Å². The van der Waals surface area contributed by atoms with Crippen LogP contribution in [0.1, 0.15) is 29.1 Å². The lowest BCUT2D eigenvalue weighted by Gasteiger charge is -2.24. The fourth-order valence-corrected chi connectivity index (χ4v) is 5.88. The lowest BCUT2D eigenvalue weighted by atomic mass is 9.97. The summed E-state index contributed by atoms with van der Waals surface area (Å²) >= 11 is 1.33. The van der Waals surface area contributed by atoms with Crippen molar-refractivity contribution < 1.29 is 22.8 Å². The van der Waals surface area contributed by atoms with Gasteiger partial charge in [-0.3, -0.25) is 14.4 Å². The Hall–Kier alpha value is -4.02. The van der Waals surface area contributed by atoms with Crippen molar-refractivity contribution in [2.75, 3.05) is 18.4 Å². The van der Waals surface area contributed by atoms with Gasteiger partial charge in [0, 0.05) is 18.8 Å². The van der Waals surface area contributed by atoms with Crippen LogP contribution in [0.25, 0.3) is 10.8 Å². The van der Waals surface area contributed by atoms with Crippen molar-refractivity contribution in [3.8, 4) is 0 Å². The number of anilines is 1. The summed E-state index contributed by atoms with van der Waals surface area (Å²) in [6.07, 6.45) is -0.00639. The monoisotopic (exact) mass is 563 g/mol. The molecule has 2 N–H and O–H groups in total. The number of carbonyl (C=O) groups is 3. The second-order valence-electron chi connectivity index (χ2n) is 8.87. The van der Waals surface area contributed by atoms with E-state index in [1.807, 2.05) is 17.5 Å². The molecule has 1 heterocycles. The number of carbonyl (C=O) groups excluding carboxylic acids is 3. The molecule has 1 atom stereocenters. The van der Waals surface area contributed by atoms with Crippen LogP contribution in [-0.4, -0.2) is 44.1 Å². The number of amides is 3. The third-order valence-corrected chi connectivity index (χ3v) is 8.57. The first kappa shape index (κ1) is 28.0. The molecular weight excluding hydrogens is 534 g/mol. The minimum Gasteiger partial charge on any atom is -0.343 e. The summed E-state index contributed by atoms with van der Waals surface area (Å²) in [5.74, 6) is -2.84. The Bertz CT molecular complexity index is 1580. The van der Waals surface area contributed by atoms with Crippen molar-refractivity contribution in [2.24, 2.45) is 5.92 Å². The molecule has 0 bridgehead atoms. The Balaban J connectivity index is 1.54. The normalized spacial score (nSPS) is 12.1. The van der Waals surface area contributed by atoms with Crippen LogP contribution in [0.3, 0.4) is 0 Å². The topological polar surface area (TPSA) is 113 Å². The van der Waals surface area contributed by atoms with E-state index in [-0.39, 0.29) is 17.2 Å². The quantitative estimate of drug-likeness (QED) is 0.272.